The number of aryl methyl sites for hydroxylation is 2. The van der Waals surface area contributed by atoms with E-state index in [1.807, 2.05) is 19.9 Å². The normalized spacial score (nSPS) is 16.8. The van der Waals surface area contributed by atoms with Crippen molar-refractivity contribution in [2.24, 2.45) is 0 Å². The van der Waals surface area contributed by atoms with E-state index in [0.717, 1.165) is 48.1 Å². The summed E-state index contributed by atoms with van der Waals surface area (Å²) in [7, 11) is 0. The maximum atomic E-state index is 13.3. The maximum absolute atomic E-state index is 13.3. The molecule has 1 amide bonds. The number of ether oxygens (including phenoxy) is 1. The van der Waals surface area contributed by atoms with Crippen LogP contribution in [0.1, 0.15) is 67.9 Å². The summed E-state index contributed by atoms with van der Waals surface area (Å²) in [5.41, 5.74) is 2.92. The van der Waals surface area contributed by atoms with Gasteiger partial charge in [0.15, 0.2) is 6.04 Å². The predicted octanol–water partition coefficient (Wildman–Crippen LogP) is 4.22. The van der Waals surface area contributed by atoms with Crippen LogP contribution in [0.25, 0.3) is 0 Å². The van der Waals surface area contributed by atoms with Gasteiger partial charge in [0.05, 0.1) is 37.5 Å². The molecule has 1 heterocycles. The number of amides is 1. The maximum Gasteiger partial charge on any atom is 0.340 e. The highest BCUT2D eigenvalue weighted by Crippen LogP contribution is 2.29. The summed E-state index contributed by atoms with van der Waals surface area (Å²) < 4.78 is 6.08. The Balaban J connectivity index is 2.36. The van der Waals surface area contributed by atoms with Crippen molar-refractivity contribution in [2.75, 3.05) is 31.6 Å². The first-order chi connectivity index (χ1) is 12.9. The average molecular weight is 376 g/mol. The van der Waals surface area contributed by atoms with Gasteiger partial charge in [-0.2, -0.15) is 0 Å². The molecular weight excluding hydrogens is 340 g/mol. The third kappa shape index (κ3) is 4.70. The highest BCUT2D eigenvalue weighted by molar-refractivity contribution is 6.03. The number of quaternary nitrogens is 1. The van der Waals surface area contributed by atoms with Crippen molar-refractivity contribution in [3.8, 4) is 0 Å². The topological polar surface area (TPSA) is 55.4 Å². The Labute approximate surface area is 163 Å². The van der Waals surface area contributed by atoms with Gasteiger partial charge in [0, 0.05) is 19.3 Å². The van der Waals surface area contributed by atoms with Crippen molar-refractivity contribution in [2.45, 2.75) is 66.3 Å². The molecule has 1 aliphatic heterocycles. The fourth-order valence-electron chi connectivity index (χ4n) is 4.45. The number of nitrogens with zero attached hydrogens (tertiary/aromatic N) is 1. The second-order valence-electron chi connectivity index (χ2n) is 7.71. The number of hydrogen-bond donors (Lipinski definition) is 1. The van der Waals surface area contributed by atoms with Crippen LogP contribution in [0.2, 0.25) is 0 Å². The van der Waals surface area contributed by atoms with Crippen LogP contribution in [0.4, 0.5) is 5.69 Å². The summed E-state index contributed by atoms with van der Waals surface area (Å²) in [5, 5.41) is 3.11. The van der Waals surface area contributed by atoms with E-state index < -0.39 is 0 Å². The highest BCUT2D eigenvalue weighted by Gasteiger charge is 2.42. The lowest BCUT2D eigenvalue weighted by Gasteiger charge is -2.40. The van der Waals surface area contributed by atoms with Gasteiger partial charge in [-0.3, -0.25) is 4.79 Å². The first kappa shape index (κ1) is 21.4. The Morgan fingerprint density at radius 1 is 1.15 bits per heavy atom. The molecule has 1 unspecified atom stereocenters. The van der Waals surface area contributed by atoms with E-state index in [2.05, 4.69) is 19.2 Å². The molecule has 5 heteroatoms. The van der Waals surface area contributed by atoms with E-state index in [1.165, 1.54) is 12.8 Å². The smallest absolute Gasteiger partial charge is 0.340 e. The van der Waals surface area contributed by atoms with Crippen molar-refractivity contribution in [3.05, 3.63) is 28.8 Å². The standard InChI is InChI=1S/C22H34N2O3/c1-6-11-19(24(7-2)12-9-10-13-24)21(25)23-20-17(5)14-16(4)15-18(20)22(26)27-8-3/h14-15,19H,6-13H2,1-5H3/p+1. The number of likely N-dealkylation sites (tertiary alicyclic amines) is 1. The summed E-state index contributed by atoms with van der Waals surface area (Å²) in [6, 6.07) is 3.72. The first-order valence-electron chi connectivity index (χ1n) is 10.3. The van der Waals surface area contributed by atoms with Crippen LogP contribution in [0.3, 0.4) is 0 Å². The van der Waals surface area contributed by atoms with Crippen molar-refractivity contribution >= 4 is 17.6 Å². The lowest BCUT2D eigenvalue weighted by atomic mass is 10.0. The van der Waals surface area contributed by atoms with E-state index in [1.54, 1.807) is 13.0 Å². The Morgan fingerprint density at radius 3 is 2.37 bits per heavy atom. The molecule has 0 radical (unpaired) electrons. The summed E-state index contributed by atoms with van der Waals surface area (Å²) in [4.78, 5) is 25.8. The first-order valence-corrected chi connectivity index (χ1v) is 10.3. The highest BCUT2D eigenvalue weighted by atomic mass is 16.5. The number of carbonyl (C=O) groups is 2. The molecule has 2 rings (SSSR count). The number of hydrogen-bond acceptors (Lipinski definition) is 3. The molecule has 1 atom stereocenters. The lowest BCUT2D eigenvalue weighted by molar-refractivity contribution is -0.930. The van der Waals surface area contributed by atoms with E-state index in [0.29, 0.717) is 17.9 Å². The van der Waals surface area contributed by atoms with Crippen LogP contribution in [0.15, 0.2) is 12.1 Å². The molecular formula is C22H35N2O3+. The molecule has 27 heavy (non-hydrogen) atoms. The fourth-order valence-corrected chi connectivity index (χ4v) is 4.45. The largest absolute Gasteiger partial charge is 0.462 e. The molecule has 0 bridgehead atoms. The minimum atomic E-state index is -0.382. The monoisotopic (exact) mass is 375 g/mol. The number of esters is 1. The SMILES string of the molecule is CCCC(C(=O)Nc1c(C)cc(C)cc1C(=O)OCC)[N+]1(CC)CCCC1. The number of nitrogens with one attached hydrogen (secondary N) is 1. The molecule has 1 saturated heterocycles. The summed E-state index contributed by atoms with van der Waals surface area (Å²) >= 11 is 0. The second kappa shape index (κ2) is 9.36. The molecule has 0 aromatic heterocycles. The third-order valence-electron chi connectivity index (χ3n) is 5.84. The molecule has 1 aliphatic rings. The Bertz CT molecular complexity index is 678. The van der Waals surface area contributed by atoms with Gasteiger partial charge >= 0.3 is 5.97 Å². The van der Waals surface area contributed by atoms with E-state index in [9.17, 15) is 9.59 Å². The number of anilines is 1. The molecule has 150 valence electrons. The van der Waals surface area contributed by atoms with Crippen LogP contribution < -0.4 is 5.32 Å². The third-order valence-corrected chi connectivity index (χ3v) is 5.84. The van der Waals surface area contributed by atoms with Crippen LogP contribution in [0.5, 0.6) is 0 Å². The van der Waals surface area contributed by atoms with E-state index in [4.69, 9.17) is 4.74 Å². The van der Waals surface area contributed by atoms with Gasteiger partial charge in [-0.1, -0.05) is 13.0 Å². The van der Waals surface area contributed by atoms with Gasteiger partial charge in [0.1, 0.15) is 0 Å². The summed E-state index contributed by atoms with van der Waals surface area (Å²) in [6.07, 6.45) is 4.19. The van der Waals surface area contributed by atoms with Gasteiger partial charge in [-0.15, -0.1) is 0 Å². The zero-order chi connectivity index (χ0) is 20.0. The molecule has 0 spiro atoms. The molecule has 1 N–H and O–H groups in total. The molecule has 5 nitrogen and oxygen atoms in total. The molecule has 0 aliphatic carbocycles. The number of likely N-dealkylation sites (N-methyl/N-ethyl adjacent to an activating group) is 1. The van der Waals surface area contributed by atoms with Crippen LogP contribution >= 0.6 is 0 Å². The van der Waals surface area contributed by atoms with Crippen molar-refractivity contribution < 1.29 is 18.8 Å². The van der Waals surface area contributed by atoms with Crippen molar-refractivity contribution in [3.63, 3.8) is 0 Å². The zero-order valence-corrected chi connectivity index (χ0v) is 17.6. The summed E-state index contributed by atoms with van der Waals surface area (Å²) in [6.45, 7) is 13.4. The number of rotatable bonds is 8. The van der Waals surface area contributed by atoms with Gasteiger partial charge in [0.2, 0.25) is 0 Å². The van der Waals surface area contributed by atoms with Gasteiger partial charge in [0.25, 0.3) is 5.91 Å². The quantitative estimate of drug-likeness (QED) is 0.547. The minimum Gasteiger partial charge on any atom is -0.462 e. The van der Waals surface area contributed by atoms with Crippen molar-refractivity contribution in [1.29, 1.82) is 0 Å². The lowest BCUT2D eigenvalue weighted by Crippen LogP contribution is -2.58. The van der Waals surface area contributed by atoms with Gasteiger partial charge in [-0.05, 0) is 51.3 Å². The van der Waals surface area contributed by atoms with Crippen LogP contribution in [-0.4, -0.2) is 48.6 Å². The molecule has 1 aromatic carbocycles. The fraction of sp³-hybridized carbons (Fsp3) is 0.636. The number of carbonyl (C=O) groups excluding carboxylic acids is 2. The van der Waals surface area contributed by atoms with Crippen LogP contribution in [0, 0.1) is 13.8 Å². The van der Waals surface area contributed by atoms with Crippen molar-refractivity contribution in [1.82, 2.24) is 0 Å². The van der Waals surface area contributed by atoms with E-state index in [-0.39, 0.29) is 17.9 Å². The van der Waals surface area contributed by atoms with E-state index >= 15 is 0 Å². The summed E-state index contributed by atoms with van der Waals surface area (Å²) in [5.74, 6) is -0.356. The predicted molar refractivity (Wildman–Crippen MR) is 109 cm³/mol. The van der Waals surface area contributed by atoms with Gasteiger partial charge < -0.3 is 14.5 Å². The second-order valence-corrected chi connectivity index (χ2v) is 7.71. The Morgan fingerprint density at radius 2 is 1.81 bits per heavy atom. The average Bonchev–Trinajstić information content (AvgIpc) is 3.11. The molecule has 0 saturated carbocycles. The zero-order valence-electron chi connectivity index (χ0n) is 17.6. The molecule has 1 fully saturated rings. The van der Waals surface area contributed by atoms with Crippen LogP contribution in [-0.2, 0) is 9.53 Å². The number of benzene rings is 1. The Hall–Kier alpha value is -1.88. The minimum absolute atomic E-state index is 0.0260. The Kier molecular flexibility index (Phi) is 7.42. The van der Waals surface area contributed by atoms with Gasteiger partial charge in [-0.25, -0.2) is 4.79 Å². The molecule has 1 aromatic rings.